The minimum atomic E-state index is -0.253. The number of hydrogen-bond acceptors (Lipinski definition) is 2. The summed E-state index contributed by atoms with van der Waals surface area (Å²) in [6, 6.07) is 6.71. The van der Waals surface area contributed by atoms with Gasteiger partial charge in [-0.05, 0) is 25.0 Å². The minimum Gasteiger partial charge on any atom is -0.396 e. The number of hydrogen-bond donors (Lipinski definition) is 1. The maximum Gasteiger partial charge on any atom is 0.132 e. The van der Waals surface area contributed by atoms with Gasteiger partial charge in [-0.15, -0.1) is 0 Å². The van der Waals surface area contributed by atoms with Gasteiger partial charge in [-0.1, -0.05) is 12.1 Å². The van der Waals surface area contributed by atoms with Gasteiger partial charge in [0.2, 0.25) is 0 Å². The second-order valence-electron chi connectivity index (χ2n) is 4.89. The predicted molar refractivity (Wildman–Crippen MR) is 71.3 cm³/mol. The Morgan fingerprint density at radius 2 is 2.11 bits per heavy atom. The molecule has 100 valence electrons. The fraction of sp³-hybridized carbons (Fsp3) is 0.400. The predicted octanol–water partition coefficient (Wildman–Crippen LogP) is 2.56. The third kappa shape index (κ3) is 2.16. The van der Waals surface area contributed by atoms with Crippen LogP contribution in [0.2, 0.25) is 0 Å². The van der Waals surface area contributed by atoms with Gasteiger partial charge >= 0.3 is 0 Å². The lowest BCUT2D eigenvalue weighted by Crippen LogP contribution is -2.13. The summed E-state index contributed by atoms with van der Waals surface area (Å²) in [7, 11) is 0. The standard InChI is InChI=1S/C15H17FN2O/c16-12-6-2-1-5-11(12)15-13(8-10-19)18-9-4-3-7-14(18)17-15/h1-2,5-6,19H,3-4,7-10H2. The molecule has 4 heteroatoms. The van der Waals surface area contributed by atoms with Crippen LogP contribution in [0.1, 0.15) is 24.4 Å². The molecule has 0 amide bonds. The summed E-state index contributed by atoms with van der Waals surface area (Å²) >= 11 is 0. The largest absolute Gasteiger partial charge is 0.396 e. The number of aryl methyl sites for hydroxylation is 1. The SMILES string of the molecule is OCCc1c(-c2ccccc2F)nc2n1CCCC2. The smallest absolute Gasteiger partial charge is 0.132 e. The molecule has 3 rings (SSSR count). The zero-order valence-electron chi connectivity index (χ0n) is 10.8. The van der Waals surface area contributed by atoms with Crippen molar-refractivity contribution < 1.29 is 9.50 Å². The number of nitrogens with zero attached hydrogens (tertiary/aromatic N) is 2. The van der Waals surface area contributed by atoms with Gasteiger partial charge < -0.3 is 9.67 Å². The number of rotatable bonds is 3. The average Bonchev–Trinajstić information content (AvgIpc) is 2.79. The van der Waals surface area contributed by atoms with Crippen LogP contribution in [0.15, 0.2) is 24.3 Å². The second-order valence-corrected chi connectivity index (χ2v) is 4.89. The fourth-order valence-electron chi connectivity index (χ4n) is 2.77. The number of aliphatic hydroxyl groups excluding tert-OH is 1. The van der Waals surface area contributed by atoms with Gasteiger partial charge in [-0.2, -0.15) is 0 Å². The van der Waals surface area contributed by atoms with Crippen molar-refractivity contribution in [1.82, 2.24) is 9.55 Å². The maximum atomic E-state index is 13.9. The molecule has 1 aromatic carbocycles. The van der Waals surface area contributed by atoms with Crippen molar-refractivity contribution in [3.05, 3.63) is 41.6 Å². The monoisotopic (exact) mass is 260 g/mol. The van der Waals surface area contributed by atoms with E-state index >= 15 is 0 Å². The van der Waals surface area contributed by atoms with E-state index in [0.29, 0.717) is 17.7 Å². The Bertz CT molecular complexity index is 592. The molecular formula is C15H17FN2O. The van der Waals surface area contributed by atoms with E-state index in [2.05, 4.69) is 9.55 Å². The van der Waals surface area contributed by atoms with Gasteiger partial charge in [0, 0.05) is 37.3 Å². The summed E-state index contributed by atoms with van der Waals surface area (Å²) in [4.78, 5) is 4.61. The molecule has 0 spiro atoms. The highest BCUT2D eigenvalue weighted by Crippen LogP contribution is 2.29. The topological polar surface area (TPSA) is 38.1 Å². The van der Waals surface area contributed by atoms with Crippen molar-refractivity contribution in [2.24, 2.45) is 0 Å². The highest BCUT2D eigenvalue weighted by Gasteiger charge is 2.21. The quantitative estimate of drug-likeness (QED) is 0.921. The van der Waals surface area contributed by atoms with E-state index in [-0.39, 0.29) is 12.4 Å². The average molecular weight is 260 g/mol. The third-order valence-corrected chi connectivity index (χ3v) is 3.66. The maximum absolute atomic E-state index is 13.9. The first-order valence-electron chi connectivity index (χ1n) is 6.75. The molecule has 0 radical (unpaired) electrons. The Morgan fingerprint density at radius 1 is 1.26 bits per heavy atom. The fourth-order valence-corrected chi connectivity index (χ4v) is 2.77. The van der Waals surface area contributed by atoms with Crippen LogP contribution in [0.25, 0.3) is 11.3 Å². The number of imidazole rings is 1. The van der Waals surface area contributed by atoms with Gasteiger partial charge in [-0.3, -0.25) is 0 Å². The molecule has 1 aliphatic heterocycles. The summed E-state index contributed by atoms with van der Waals surface area (Å²) in [6.45, 7) is 0.985. The van der Waals surface area contributed by atoms with Crippen LogP contribution < -0.4 is 0 Å². The summed E-state index contributed by atoms with van der Waals surface area (Å²) < 4.78 is 16.1. The summed E-state index contributed by atoms with van der Waals surface area (Å²) in [5.74, 6) is 0.769. The first-order valence-corrected chi connectivity index (χ1v) is 6.75. The normalized spacial score (nSPS) is 14.4. The van der Waals surface area contributed by atoms with Crippen molar-refractivity contribution in [2.45, 2.75) is 32.2 Å². The van der Waals surface area contributed by atoms with Crippen LogP contribution in [-0.2, 0) is 19.4 Å². The van der Waals surface area contributed by atoms with Crippen molar-refractivity contribution in [3.63, 3.8) is 0 Å². The van der Waals surface area contributed by atoms with E-state index in [1.807, 2.05) is 6.07 Å². The van der Waals surface area contributed by atoms with Crippen molar-refractivity contribution in [1.29, 1.82) is 0 Å². The first-order chi connectivity index (χ1) is 9.31. The van der Waals surface area contributed by atoms with E-state index in [4.69, 9.17) is 0 Å². The Labute approximate surface area is 111 Å². The van der Waals surface area contributed by atoms with E-state index in [9.17, 15) is 9.50 Å². The molecule has 1 aromatic heterocycles. The lowest BCUT2D eigenvalue weighted by atomic mass is 10.1. The highest BCUT2D eigenvalue weighted by atomic mass is 19.1. The Morgan fingerprint density at radius 3 is 2.89 bits per heavy atom. The zero-order valence-corrected chi connectivity index (χ0v) is 10.8. The Balaban J connectivity index is 2.15. The van der Waals surface area contributed by atoms with Crippen LogP contribution in [-0.4, -0.2) is 21.3 Å². The number of aliphatic hydroxyl groups is 1. The van der Waals surface area contributed by atoms with Crippen molar-refractivity contribution in [2.75, 3.05) is 6.61 Å². The van der Waals surface area contributed by atoms with Crippen LogP contribution in [0.3, 0.4) is 0 Å². The van der Waals surface area contributed by atoms with Gasteiger partial charge in [0.05, 0.1) is 5.69 Å². The molecule has 3 nitrogen and oxygen atoms in total. The molecule has 0 fully saturated rings. The number of aromatic nitrogens is 2. The molecule has 0 saturated carbocycles. The zero-order chi connectivity index (χ0) is 13.2. The molecule has 0 saturated heterocycles. The van der Waals surface area contributed by atoms with Crippen LogP contribution in [0.4, 0.5) is 4.39 Å². The van der Waals surface area contributed by atoms with Gasteiger partial charge in [0.15, 0.2) is 0 Å². The van der Waals surface area contributed by atoms with E-state index in [1.54, 1.807) is 12.1 Å². The van der Waals surface area contributed by atoms with Crippen molar-refractivity contribution >= 4 is 0 Å². The van der Waals surface area contributed by atoms with E-state index in [1.165, 1.54) is 6.07 Å². The lowest BCUT2D eigenvalue weighted by Gasteiger charge is -2.16. The Kier molecular flexibility index (Phi) is 3.34. The molecule has 1 N–H and O–H groups in total. The molecule has 0 unspecified atom stereocenters. The molecule has 0 atom stereocenters. The highest BCUT2D eigenvalue weighted by molar-refractivity contribution is 5.63. The molecule has 19 heavy (non-hydrogen) atoms. The molecule has 0 aliphatic carbocycles. The molecule has 2 aromatic rings. The number of halogens is 1. The van der Waals surface area contributed by atoms with E-state index in [0.717, 1.165) is 37.3 Å². The molecular weight excluding hydrogens is 243 g/mol. The van der Waals surface area contributed by atoms with E-state index < -0.39 is 0 Å². The van der Waals surface area contributed by atoms with Gasteiger partial charge in [0.1, 0.15) is 11.6 Å². The number of fused-ring (bicyclic) bond motifs is 1. The Hall–Kier alpha value is -1.68. The minimum absolute atomic E-state index is 0.0621. The summed E-state index contributed by atoms with van der Waals surface area (Å²) in [5.41, 5.74) is 2.19. The van der Waals surface area contributed by atoms with Gasteiger partial charge in [-0.25, -0.2) is 9.37 Å². The second kappa shape index (κ2) is 5.13. The van der Waals surface area contributed by atoms with Crippen LogP contribution in [0, 0.1) is 5.82 Å². The number of benzene rings is 1. The first kappa shape index (κ1) is 12.4. The molecule has 1 aliphatic rings. The van der Waals surface area contributed by atoms with Crippen LogP contribution in [0.5, 0.6) is 0 Å². The summed E-state index contributed by atoms with van der Waals surface area (Å²) in [6.07, 6.45) is 3.72. The third-order valence-electron chi connectivity index (χ3n) is 3.66. The summed E-state index contributed by atoms with van der Waals surface area (Å²) in [5, 5.41) is 9.25. The molecule has 0 bridgehead atoms. The van der Waals surface area contributed by atoms with Crippen molar-refractivity contribution in [3.8, 4) is 11.3 Å². The van der Waals surface area contributed by atoms with Crippen LogP contribution >= 0.6 is 0 Å². The van der Waals surface area contributed by atoms with Gasteiger partial charge in [0.25, 0.3) is 0 Å². The molecule has 2 heterocycles. The lowest BCUT2D eigenvalue weighted by molar-refractivity contribution is 0.295.